The topological polar surface area (TPSA) is 123 Å². The van der Waals surface area contributed by atoms with E-state index >= 15 is 0 Å². The van der Waals surface area contributed by atoms with Crippen molar-refractivity contribution in [3.8, 4) is 0 Å². The molecule has 100 valence electrons. The summed E-state index contributed by atoms with van der Waals surface area (Å²) in [4.78, 5) is 18.8. The SMILES string of the molecule is CC1C(Cn2cnc(N)nc2=O)OC(CO)C1O. The molecule has 4 N–H and O–H groups in total. The number of hydrogen-bond donors (Lipinski definition) is 3. The molecule has 0 amide bonds. The van der Waals surface area contributed by atoms with Crippen LogP contribution >= 0.6 is 0 Å². The van der Waals surface area contributed by atoms with Crippen molar-refractivity contribution in [2.75, 3.05) is 12.3 Å². The van der Waals surface area contributed by atoms with Gasteiger partial charge in [0.1, 0.15) is 12.4 Å². The van der Waals surface area contributed by atoms with E-state index in [0.717, 1.165) is 0 Å². The third-order valence-electron chi connectivity index (χ3n) is 3.20. The number of hydrogen-bond acceptors (Lipinski definition) is 7. The van der Waals surface area contributed by atoms with Crippen molar-refractivity contribution in [3.63, 3.8) is 0 Å². The molecule has 1 aromatic rings. The largest absolute Gasteiger partial charge is 0.394 e. The van der Waals surface area contributed by atoms with Crippen LogP contribution in [0.4, 0.5) is 5.95 Å². The first-order chi connectivity index (χ1) is 8.52. The van der Waals surface area contributed by atoms with Gasteiger partial charge in [-0.25, -0.2) is 9.78 Å². The maximum Gasteiger partial charge on any atom is 0.352 e. The fourth-order valence-electron chi connectivity index (χ4n) is 2.04. The van der Waals surface area contributed by atoms with E-state index in [0.29, 0.717) is 0 Å². The van der Waals surface area contributed by atoms with Crippen LogP contribution in [0, 0.1) is 5.92 Å². The van der Waals surface area contributed by atoms with Gasteiger partial charge >= 0.3 is 5.69 Å². The molecular formula is C10H16N4O4. The van der Waals surface area contributed by atoms with Gasteiger partial charge in [0.15, 0.2) is 0 Å². The Kier molecular flexibility index (Phi) is 3.60. The van der Waals surface area contributed by atoms with Gasteiger partial charge in [0.2, 0.25) is 5.95 Å². The highest BCUT2D eigenvalue weighted by atomic mass is 16.5. The molecule has 0 aromatic carbocycles. The summed E-state index contributed by atoms with van der Waals surface area (Å²) in [7, 11) is 0. The third kappa shape index (κ3) is 2.35. The Morgan fingerprint density at radius 1 is 1.56 bits per heavy atom. The van der Waals surface area contributed by atoms with Gasteiger partial charge in [0, 0.05) is 5.92 Å². The highest BCUT2D eigenvalue weighted by Gasteiger charge is 2.40. The summed E-state index contributed by atoms with van der Waals surface area (Å²) in [5.41, 5.74) is 4.78. The van der Waals surface area contributed by atoms with E-state index in [2.05, 4.69) is 9.97 Å². The molecule has 1 aromatic heterocycles. The Morgan fingerprint density at radius 2 is 2.28 bits per heavy atom. The molecule has 2 rings (SSSR count). The first-order valence-electron chi connectivity index (χ1n) is 5.66. The number of aliphatic hydroxyl groups is 2. The van der Waals surface area contributed by atoms with Gasteiger partial charge in [-0.3, -0.25) is 4.57 Å². The molecule has 1 aliphatic heterocycles. The molecule has 1 saturated heterocycles. The lowest BCUT2D eigenvalue weighted by atomic mass is 9.98. The minimum atomic E-state index is -0.745. The van der Waals surface area contributed by atoms with Crippen molar-refractivity contribution >= 4 is 5.95 Å². The molecule has 0 saturated carbocycles. The van der Waals surface area contributed by atoms with Crippen LogP contribution in [-0.2, 0) is 11.3 Å². The summed E-state index contributed by atoms with van der Waals surface area (Å²) in [6, 6.07) is 0. The van der Waals surface area contributed by atoms with Gasteiger partial charge in [0.25, 0.3) is 0 Å². The number of rotatable bonds is 3. The van der Waals surface area contributed by atoms with Crippen molar-refractivity contribution in [3.05, 3.63) is 16.8 Å². The maximum absolute atomic E-state index is 11.5. The number of nitrogens with zero attached hydrogens (tertiary/aromatic N) is 3. The number of nitrogens with two attached hydrogens (primary N) is 1. The Bertz CT molecular complexity index is 477. The fraction of sp³-hybridized carbons (Fsp3) is 0.700. The lowest BCUT2D eigenvalue weighted by Gasteiger charge is -2.16. The Balaban J connectivity index is 2.13. The second kappa shape index (κ2) is 5.01. The lowest BCUT2D eigenvalue weighted by Crippen LogP contribution is -2.32. The standard InChI is InChI=1S/C10H16N4O4/c1-5-6(18-7(3-15)8(5)16)2-14-4-12-9(11)13-10(14)17/h4-8,15-16H,2-3H2,1H3,(H2,11,13,17). The number of nitrogen functional groups attached to an aromatic ring is 1. The Morgan fingerprint density at radius 3 is 2.83 bits per heavy atom. The van der Waals surface area contributed by atoms with E-state index in [4.69, 9.17) is 15.6 Å². The number of aromatic nitrogens is 3. The van der Waals surface area contributed by atoms with Crippen molar-refractivity contribution in [2.24, 2.45) is 5.92 Å². The molecule has 0 bridgehead atoms. The smallest absolute Gasteiger partial charge is 0.352 e. The summed E-state index contributed by atoms with van der Waals surface area (Å²) < 4.78 is 6.75. The van der Waals surface area contributed by atoms with Crippen LogP contribution < -0.4 is 11.4 Å². The van der Waals surface area contributed by atoms with E-state index in [1.807, 2.05) is 0 Å². The fourth-order valence-corrected chi connectivity index (χ4v) is 2.04. The van der Waals surface area contributed by atoms with Crippen LogP contribution in [0.25, 0.3) is 0 Å². The first-order valence-corrected chi connectivity index (χ1v) is 5.66. The molecular weight excluding hydrogens is 240 g/mol. The predicted molar refractivity (Wildman–Crippen MR) is 61.6 cm³/mol. The van der Waals surface area contributed by atoms with Crippen molar-refractivity contribution in [1.82, 2.24) is 14.5 Å². The number of aliphatic hydroxyl groups excluding tert-OH is 2. The lowest BCUT2D eigenvalue weighted by molar-refractivity contribution is -0.0262. The monoisotopic (exact) mass is 256 g/mol. The molecule has 1 fully saturated rings. The molecule has 8 heteroatoms. The molecule has 0 aliphatic carbocycles. The molecule has 0 spiro atoms. The number of anilines is 1. The quantitative estimate of drug-likeness (QED) is 0.570. The zero-order valence-electron chi connectivity index (χ0n) is 9.93. The van der Waals surface area contributed by atoms with Crippen LogP contribution in [-0.4, -0.2) is 49.7 Å². The van der Waals surface area contributed by atoms with Crippen LogP contribution in [0.3, 0.4) is 0 Å². The van der Waals surface area contributed by atoms with E-state index in [1.165, 1.54) is 10.9 Å². The van der Waals surface area contributed by atoms with Gasteiger partial charge in [-0.2, -0.15) is 4.98 Å². The van der Waals surface area contributed by atoms with Crippen molar-refractivity contribution in [2.45, 2.75) is 31.8 Å². The van der Waals surface area contributed by atoms with Crippen LogP contribution in [0.15, 0.2) is 11.1 Å². The van der Waals surface area contributed by atoms with Gasteiger partial charge in [-0.05, 0) is 0 Å². The Labute approximate surface area is 103 Å². The Hall–Kier alpha value is -1.51. The van der Waals surface area contributed by atoms with Gasteiger partial charge < -0.3 is 20.7 Å². The minimum Gasteiger partial charge on any atom is -0.394 e. The summed E-state index contributed by atoms with van der Waals surface area (Å²) >= 11 is 0. The van der Waals surface area contributed by atoms with E-state index < -0.39 is 17.9 Å². The zero-order valence-corrected chi connectivity index (χ0v) is 9.93. The summed E-state index contributed by atoms with van der Waals surface area (Å²) in [6.07, 6.45) is -0.442. The molecule has 0 radical (unpaired) electrons. The highest BCUT2D eigenvalue weighted by molar-refractivity contribution is 5.09. The molecule has 4 unspecified atom stereocenters. The molecule has 18 heavy (non-hydrogen) atoms. The second-order valence-electron chi connectivity index (χ2n) is 4.39. The minimum absolute atomic E-state index is 0.0788. The third-order valence-corrected chi connectivity index (χ3v) is 3.20. The highest BCUT2D eigenvalue weighted by Crippen LogP contribution is 2.27. The normalized spacial score (nSPS) is 31.7. The van der Waals surface area contributed by atoms with Crippen LogP contribution in [0.2, 0.25) is 0 Å². The zero-order chi connectivity index (χ0) is 13.3. The first kappa shape index (κ1) is 12.9. The molecule has 4 atom stereocenters. The van der Waals surface area contributed by atoms with Crippen molar-refractivity contribution < 1.29 is 14.9 Å². The predicted octanol–water partition coefficient (Wildman–Crippen LogP) is -2.02. The van der Waals surface area contributed by atoms with E-state index in [1.54, 1.807) is 6.92 Å². The van der Waals surface area contributed by atoms with E-state index in [9.17, 15) is 9.90 Å². The molecule has 8 nitrogen and oxygen atoms in total. The summed E-state index contributed by atoms with van der Waals surface area (Å²) in [6.45, 7) is 1.76. The van der Waals surface area contributed by atoms with Crippen LogP contribution in [0.5, 0.6) is 0 Å². The second-order valence-corrected chi connectivity index (χ2v) is 4.39. The maximum atomic E-state index is 11.5. The average molecular weight is 256 g/mol. The number of ether oxygens (including phenoxy) is 1. The van der Waals surface area contributed by atoms with Crippen LogP contribution in [0.1, 0.15) is 6.92 Å². The van der Waals surface area contributed by atoms with Gasteiger partial charge in [-0.1, -0.05) is 6.92 Å². The van der Waals surface area contributed by atoms with E-state index in [-0.39, 0.29) is 31.1 Å². The van der Waals surface area contributed by atoms with Gasteiger partial charge in [-0.15, -0.1) is 0 Å². The van der Waals surface area contributed by atoms with Crippen molar-refractivity contribution in [1.29, 1.82) is 0 Å². The summed E-state index contributed by atoms with van der Waals surface area (Å²) in [5, 5.41) is 18.8. The summed E-state index contributed by atoms with van der Waals surface area (Å²) in [5.74, 6) is -0.267. The van der Waals surface area contributed by atoms with Gasteiger partial charge in [0.05, 0.1) is 25.4 Å². The molecule has 2 heterocycles. The average Bonchev–Trinajstić information content (AvgIpc) is 2.60. The molecule has 1 aliphatic rings.